The number of carbonyl (C=O) groups excluding carboxylic acids is 2. The number of esters is 1. The van der Waals surface area contributed by atoms with E-state index in [1.165, 1.54) is 0 Å². The second-order valence-electron chi connectivity index (χ2n) is 6.58. The SMILES string of the molecule is COc1ccc(OCCC(=O)OCC(=O)N2CCCc3cc(OC)ccc32)cc1. The summed E-state index contributed by atoms with van der Waals surface area (Å²) >= 11 is 0. The van der Waals surface area contributed by atoms with Crippen LogP contribution in [-0.2, 0) is 20.7 Å². The van der Waals surface area contributed by atoms with Crippen molar-refractivity contribution in [2.75, 3.05) is 38.9 Å². The van der Waals surface area contributed by atoms with Crippen molar-refractivity contribution in [3.05, 3.63) is 48.0 Å². The number of ether oxygens (including phenoxy) is 4. The number of anilines is 1. The van der Waals surface area contributed by atoms with Crippen LogP contribution in [0.2, 0.25) is 0 Å². The number of methoxy groups -OCH3 is 2. The highest BCUT2D eigenvalue weighted by atomic mass is 16.5. The highest BCUT2D eigenvalue weighted by Crippen LogP contribution is 2.30. The Labute approximate surface area is 170 Å². The van der Waals surface area contributed by atoms with Crippen LogP contribution in [0.25, 0.3) is 0 Å². The Bertz CT molecular complexity index is 849. The van der Waals surface area contributed by atoms with Gasteiger partial charge in [0.25, 0.3) is 5.91 Å². The third-order valence-electron chi connectivity index (χ3n) is 4.70. The molecule has 0 unspecified atom stereocenters. The Morgan fingerprint density at radius 3 is 2.38 bits per heavy atom. The second-order valence-corrected chi connectivity index (χ2v) is 6.58. The molecule has 0 atom stereocenters. The summed E-state index contributed by atoms with van der Waals surface area (Å²) in [4.78, 5) is 26.2. The number of hydrogen-bond acceptors (Lipinski definition) is 6. The molecule has 0 aromatic heterocycles. The van der Waals surface area contributed by atoms with E-state index in [0.29, 0.717) is 12.3 Å². The van der Waals surface area contributed by atoms with Crippen LogP contribution in [0.3, 0.4) is 0 Å². The molecule has 1 amide bonds. The van der Waals surface area contributed by atoms with Gasteiger partial charge in [0.1, 0.15) is 17.2 Å². The molecule has 2 aromatic carbocycles. The molecule has 0 bridgehead atoms. The van der Waals surface area contributed by atoms with Crippen molar-refractivity contribution in [2.45, 2.75) is 19.3 Å². The van der Waals surface area contributed by atoms with Crippen molar-refractivity contribution in [3.8, 4) is 17.2 Å². The third-order valence-corrected chi connectivity index (χ3v) is 4.70. The summed E-state index contributed by atoms with van der Waals surface area (Å²) in [6, 6.07) is 12.7. The predicted octanol–water partition coefficient (Wildman–Crippen LogP) is 3.00. The molecule has 1 heterocycles. The summed E-state index contributed by atoms with van der Waals surface area (Å²) in [5.41, 5.74) is 1.91. The van der Waals surface area contributed by atoms with E-state index in [-0.39, 0.29) is 25.5 Å². The monoisotopic (exact) mass is 399 g/mol. The quantitative estimate of drug-likeness (QED) is 0.636. The summed E-state index contributed by atoms with van der Waals surface area (Å²) in [6.07, 6.45) is 1.81. The van der Waals surface area contributed by atoms with E-state index < -0.39 is 5.97 Å². The number of benzene rings is 2. The molecule has 0 aliphatic carbocycles. The van der Waals surface area contributed by atoms with Gasteiger partial charge in [-0.25, -0.2) is 0 Å². The first-order valence-corrected chi connectivity index (χ1v) is 9.50. The van der Waals surface area contributed by atoms with E-state index in [2.05, 4.69) is 0 Å². The molecule has 0 fully saturated rings. The van der Waals surface area contributed by atoms with E-state index in [9.17, 15) is 9.59 Å². The van der Waals surface area contributed by atoms with Gasteiger partial charge in [-0.3, -0.25) is 9.59 Å². The average Bonchev–Trinajstić information content (AvgIpc) is 2.77. The Hall–Kier alpha value is -3.22. The first-order valence-electron chi connectivity index (χ1n) is 9.50. The van der Waals surface area contributed by atoms with E-state index in [1.54, 1.807) is 43.4 Å². The van der Waals surface area contributed by atoms with Crippen LogP contribution in [0.15, 0.2) is 42.5 Å². The zero-order valence-electron chi connectivity index (χ0n) is 16.7. The number of amides is 1. The van der Waals surface area contributed by atoms with Crippen molar-refractivity contribution in [3.63, 3.8) is 0 Å². The van der Waals surface area contributed by atoms with Crippen molar-refractivity contribution in [2.24, 2.45) is 0 Å². The van der Waals surface area contributed by atoms with Gasteiger partial charge in [0.15, 0.2) is 6.61 Å². The Morgan fingerprint density at radius 1 is 0.966 bits per heavy atom. The van der Waals surface area contributed by atoms with Gasteiger partial charge in [-0.1, -0.05) is 0 Å². The zero-order chi connectivity index (χ0) is 20.6. The topological polar surface area (TPSA) is 74.3 Å². The lowest BCUT2D eigenvalue weighted by Gasteiger charge is -2.29. The summed E-state index contributed by atoms with van der Waals surface area (Å²) < 4.78 is 21.0. The van der Waals surface area contributed by atoms with Gasteiger partial charge in [-0.05, 0) is 60.9 Å². The van der Waals surface area contributed by atoms with Crippen LogP contribution in [0.5, 0.6) is 17.2 Å². The fourth-order valence-electron chi connectivity index (χ4n) is 3.18. The van der Waals surface area contributed by atoms with E-state index in [4.69, 9.17) is 18.9 Å². The van der Waals surface area contributed by atoms with Crippen LogP contribution < -0.4 is 19.1 Å². The summed E-state index contributed by atoms with van der Waals surface area (Å²) in [5, 5.41) is 0. The number of hydrogen-bond donors (Lipinski definition) is 0. The van der Waals surface area contributed by atoms with Gasteiger partial charge >= 0.3 is 5.97 Å². The molecule has 7 nitrogen and oxygen atoms in total. The molecule has 1 aliphatic rings. The fraction of sp³-hybridized carbons (Fsp3) is 0.364. The summed E-state index contributed by atoms with van der Waals surface area (Å²) in [6.45, 7) is 0.495. The van der Waals surface area contributed by atoms with Crippen LogP contribution in [0, 0.1) is 0 Å². The average molecular weight is 399 g/mol. The smallest absolute Gasteiger partial charge is 0.309 e. The normalized spacial score (nSPS) is 12.7. The second kappa shape index (κ2) is 9.82. The van der Waals surface area contributed by atoms with Crippen LogP contribution in [0.1, 0.15) is 18.4 Å². The molecule has 1 aliphatic heterocycles. The minimum atomic E-state index is -0.473. The molecule has 3 rings (SSSR count). The number of fused-ring (bicyclic) bond motifs is 1. The molecular formula is C22H25NO6. The molecular weight excluding hydrogens is 374 g/mol. The first-order chi connectivity index (χ1) is 14.1. The van der Waals surface area contributed by atoms with Gasteiger partial charge in [0.05, 0.1) is 27.2 Å². The molecule has 0 radical (unpaired) electrons. The Morgan fingerprint density at radius 2 is 1.66 bits per heavy atom. The van der Waals surface area contributed by atoms with E-state index in [0.717, 1.165) is 35.6 Å². The minimum absolute atomic E-state index is 0.0626. The third kappa shape index (κ3) is 5.40. The van der Waals surface area contributed by atoms with Gasteiger partial charge in [-0.2, -0.15) is 0 Å². The molecule has 0 N–H and O–H groups in total. The van der Waals surface area contributed by atoms with E-state index in [1.807, 2.05) is 18.2 Å². The van der Waals surface area contributed by atoms with Gasteiger partial charge in [0, 0.05) is 12.2 Å². The fourth-order valence-corrected chi connectivity index (χ4v) is 3.18. The summed E-state index contributed by atoms with van der Waals surface area (Å²) in [7, 11) is 3.21. The molecule has 0 saturated heterocycles. The Balaban J connectivity index is 1.45. The maximum Gasteiger partial charge on any atom is 0.309 e. The highest BCUT2D eigenvalue weighted by Gasteiger charge is 2.23. The lowest BCUT2D eigenvalue weighted by Crippen LogP contribution is -2.38. The molecule has 154 valence electrons. The zero-order valence-corrected chi connectivity index (χ0v) is 16.7. The maximum absolute atomic E-state index is 12.5. The lowest BCUT2D eigenvalue weighted by atomic mass is 10.0. The number of aryl methyl sites for hydroxylation is 1. The highest BCUT2D eigenvalue weighted by molar-refractivity contribution is 5.96. The summed E-state index contributed by atoms with van der Waals surface area (Å²) in [5.74, 6) is 1.42. The van der Waals surface area contributed by atoms with Crippen LogP contribution in [-0.4, -0.2) is 45.9 Å². The largest absolute Gasteiger partial charge is 0.497 e. The number of carbonyl (C=O) groups is 2. The standard InChI is InChI=1S/C22H25NO6/c1-26-17-5-7-18(8-6-17)28-13-11-22(25)29-15-21(24)23-12-3-4-16-14-19(27-2)9-10-20(16)23/h5-10,14H,3-4,11-13,15H2,1-2H3. The van der Waals surface area contributed by atoms with Crippen molar-refractivity contribution < 1.29 is 28.5 Å². The predicted molar refractivity (Wildman–Crippen MR) is 108 cm³/mol. The van der Waals surface area contributed by atoms with Crippen molar-refractivity contribution in [1.29, 1.82) is 0 Å². The van der Waals surface area contributed by atoms with Gasteiger partial charge in [0.2, 0.25) is 0 Å². The molecule has 29 heavy (non-hydrogen) atoms. The molecule has 0 saturated carbocycles. The number of rotatable bonds is 8. The van der Waals surface area contributed by atoms with Gasteiger partial charge in [-0.15, -0.1) is 0 Å². The van der Waals surface area contributed by atoms with Crippen LogP contribution in [0.4, 0.5) is 5.69 Å². The van der Waals surface area contributed by atoms with Gasteiger partial charge < -0.3 is 23.8 Å². The maximum atomic E-state index is 12.5. The van der Waals surface area contributed by atoms with Crippen molar-refractivity contribution in [1.82, 2.24) is 0 Å². The molecule has 0 spiro atoms. The molecule has 7 heteroatoms. The first kappa shape index (κ1) is 20.5. The van der Waals surface area contributed by atoms with E-state index >= 15 is 0 Å². The minimum Gasteiger partial charge on any atom is -0.497 e. The van der Waals surface area contributed by atoms with Crippen molar-refractivity contribution >= 4 is 17.6 Å². The Kier molecular flexibility index (Phi) is 6.94. The molecule has 2 aromatic rings. The van der Waals surface area contributed by atoms with Crippen LogP contribution >= 0.6 is 0 Å². The lowest BCUT2D eigenvalue weighted by molar-refractivity contribution is -0.148. The number of nitrogens with zero attached hydrogens (tertiary/aromatic N) is 1.